The van der Waals surface area contributed by atoms with Crippen molar-refractivity contribution in [1.29, 1.82) is 0 Å². The van der Waals surface area contributed by atoms with Crippen LogP contribution in [0.1, 0.15) is 20.8 Å². The normalized spacial score (nSPS) is 10.9. The molecular formula is C9H18N2O3. The van der Waals surface area contributed by atoms with E-state index in [9.17, 15) is 9.59 Å². The Bertz CT molecular complexity index is 209. The molecule has 0 fully saturated rings. The maximum atomic E-state index is 11.1. The Labute approximate surface area is 84.2 Å². The number of amides is 1. The number of carbonyl (C=O) groups excluding carboxylic acids is 2. The third kappa shape index (κ3) is 7.54. The summed E-state index contributed by atoms with van der Waals surface area (Å²) in [5.74, 6) is -0.519. The van der Waals surface area contributed by atoms with Crippen LogP contribution in [-0.4, -0.2) is 37.6 Å². The van der Waals surface area contributed by atoms with Crippen molar-refractivity contribution in [2.24, 2.45) is 0 Å². The molecule has 0 aromatic carbocycles. The molecule has 0 spiro atoms. The van der Waals surface area contributed by atoms with E-state index in [1.54, 1.807) is 20.8 Å². The Balaban J connectivity index is 3.60. The lowest BCUT2D eigenvalue weighted by atomic mass is 10.2. The minimum absolute atomic E-state index is 0.0463. The van der Waals surface area contributed by atoms with Crippen LogP contribution in [0, 0.1) is 0 Å². The minimum atomic E-state index is -0.480. The van der Waals surface area contributed by atoms with E-state index < -0.39 is 5.60 Å². The molecule has 0 heterocycles. The van der Waals surface area contributed by atoms with Crippen LogP contribution in [0.2, 0.25) is 0 Å². The second-order valence-corrected chi connectivity index (χ2v) is 3.86. The zero-order valence-corrected chi connectivity index (χ0v) is 9.14. The molecule has 0 aliphatic carbocycles. The van der Waals surface area contributed by atoms with Gasteiger partial charge in [0.25, 0.3) is 0 Å². The quantitative estimate of drug-likeness (QED) is 0.612. The lowest BCUT2D eigenvalue weighted by Crippen LogP contribution is -2.37. The van der Waals surface area contributed by atoms with E-state index in [2.05, 4.69) is 10.6 Å². The SMILES string of the molecule is CNC(=O)CNCC(=O)OC(C)(C)C. The third-order valence-corrected chi connectivity index (χ3v) is 1.25. The van der Waals surface area contributed by atoms with Gasteiger partial charge >= 0.3 is 5.97 Å². The van der Waals surface area contributed by atoms with E-state index >= 15 is 0 Å². The summed E-state index contributed by atoms with van der Waals surface area (Å²) in [6.07, 6.45) is 0. The first-order chi connectivity index (χ1) is 6.35. The number of hydrogen-bond acceptors (Lipinski definition) is 4. The number of rotatable bonds is 4. The summed E-state index contributed by atoms with van der Waals surface area (Å²) in [4.78, 5) is 21.9. The van der Waals surface area contributed by atoms with Crippen LogP contribution in [0.25, 0.3) is 0 Å². The largest absolute Gasteiger partial charge is 0.459 e. The number of esters is 1. The average Bonchev–Trinajstić information content (AvgIpc) is 2.00. The van der Waals surface area contributed by atoms with Gasteiger partial charge in [0, 0.05) is 7.05 Å². The summed E-state index contributed by atoms with van der Waals surface area (Å²) in [7, 11) is 1.54. The van der Waals surface area contributed by atoms with Gasteiger partial charge in [-0.25, -0.2) is 0 Å². The summed E-state index contributed by atoms with van der Waals surface area (Å²) >= 11 is 0. The van der Waals surface area contributed by atoms with Crippen LogP contribution >= 0.6 is 0 Å². The maximum absolute atomic E-state index is 11.1. The highest BCUT2D eigenvalue weighted by Gasteiger charge is 2.15. The molecule has 82 valence electrons. The van der Waals surface area contributed by atoms with Crippen LogP contribution in [0.5, 0.6) is 0 Å². The highest BCUT2D eigenvalue weighted by Crippen LogP contribution is 2.05. The average molecular weight is 202 g/mol. The molecule has 14 heavy (non-hydrogen) atoms. The summed E-state index contributed by atoms with van der Waals surface area (Å²) in [6.45, 7) is 5.55. The first-order valence-electron chi connectivity index (χ1n) is 4.48. The van der Waals surface area contributed by atoms with E-state index in [4.69, 9.17) is 4.74 Å². The van der Waals surface area contributed by atoms with E-state index in [0.717, 1.165) is 0 Å². The lowest BCUT2D eigenvalue weighted by molar-refractivity contribution is -0.153. The Morgan fingerprint density at radius 3 is 2.21 bits per heavy atom. The van der Waals surface area contributed by atoms with Crippen LogP contribution in [0.15, 0.2) is 0 Å². The Morgan fingerprint density at radius 1 is 1.21 bits per heavy atom. The van der Waals surface area contributed by atoms with Crippen molar-refractivity contribution < 1.29 is 14.3 Å². The molecule has 0 saturated heterocycles. The molecule has 0 aliphatic rings. The van der Waals surface area contributed by atoms with Crippen molar-refractivity contribution in [2.75, 3.05) is 20.1 Å². The van der Waals surface area contributed by atoms with Crippen LogP contribution in [0.4, 0.5) is 0 Å². The van der Waals surface area contributed by atoms with Crippen LogP contribution < -0.4 is 10.6 Å². The third-order valence-electron chi connectivity index (χ3n) is 1.25. The van der Waals surface area contributed by atoms with Gasteiger partial charge < -0.3 is 10.1 Å². The standard InChI is InChI=1S/C9H18N2O3/c1-9(2,3)14-8(13)6-11-5-7(12)10-4/h11H,5-6H2,1-4H3,(H,10,12). The van der Waals surface area contributed by atoms with Gasteiger partial charge in [-0.1, -0.05) is 0 Å². The number of likely N-dealkylation sites (N-methyl/N-ethyl adjacent to an activating group) is 1. The number of carbonyl (C=O) groups is 2. The van der Waals surface area contributed by atoms with Crippen LogP contribution in [0.3, 0.4) is 0 Å². The van der Waals surface area contributed by atoms with Gasteiger partial charge in [-0.15, -0.1) is 0 Å². The fourth-order valence-electron chi connectivity index (χ4n) is 0.744. The summed E-state index contributed by atoms with van der Waals surface area (Å²) in [5.41, 5.74) is -0.480. The van der Waals surface area contributed by atoms with Crippen molar-refractivity contribution in [2.45, 2.75) is 26.4 Å². The van der Waals surface area contributed by atoms with Crippen molar-refractivity contribution in [3.8, 4) is 0 Å². The second-order valence-electron chi connectivity index (χ2n) is 3.86. The fourth-order valence-corrected chi connectivity index (χ4v) is 0.744. The van der Waals surface area contributed by atoms with Gasteiger partial charge in [0.2, 0.25) is 5.91 Å². The monoisotopic (exact) mass is 202 g/mol. The molecule has 0 atom stereocenters. The molecule has 0 radical (unpaired) electrons. The van der Waals surface area contributed by atoms with E-state index in [-0.39, 0.29) is 25.0 Å². The molecule has 1 amide bonds. The molecule has 0 saturated carbocycles. The second kappa shape index (κ2) is 5.59. The zero-order chi connectivity index (χ0) is 11.2. The molecular weight excluding hydrogens is 184 g/mol. The molecule has 5 heteroatoms. The molecule has 0 aromatic rings. The van der Waals surface area contributed by atoms with Crippen molar-refractivity contribution in [1.82, 2.24) is 10.6 Å². The number of ether oxygens (including phenoxy) is 1. The Hall–Kier alpha value is -1.10. The summed E-state index contributed by atoms with van der Waals surface area (Å²) in [6, 6.07) is 0. The van der Waals surface area contributed by atoms with Gasteiger partial charge in [-0.2, -0.15) is 0 Å². The zero-order valence-electron chi connectivity index (χ0n) is 9.14. The first-order valence-corrected chi connectivity index (χ1v) is 4.48. The Kier molecular flexibility index (Phi) is 5.15. The molecule has 0 rings (SSSR count). The number of hydrogen-bond donors (Lipinski definition) is 2. The Morgan fingerprint density at radius 2 is 1.79 bits per heavy atom. The van der Waals surface area contributed by atoms with Gasteiger partial charge in [-0.3, -0.25) is 14.9 Å². The maximum Gasteiger partial charge on any atom is 0.320 e. The molecule has 5 nitrogen and oxygen atoms in total. The number of nitrogens with one attached hydrogen (secondary N) is 2. The van der Waals surface area contributed by atoms with Gasteiger partial charge in [0.05, 0.1) is 13.1 Å². The molecule has 0 aliphatic heterocycles. The van der Waals surface area contributed by atoms with Crippen molar-refractivity contribution in [3.05, 3.63) is 0 Å². The van der Waals surface area contributed by atoms with Gasteiger partial charge in [0.1, 0.15) is 5.60 Å². The van der Waals surface area contributed by atoms with Crippen LogP contribution in [-0.2, 0) is 14.3 Å². The highest BCUT2D eigenvalue weighted by molar-refractivity contribution is 5.79. The lowest BCUT2D eigenvalue weighted by Gasteiger charge is -2.19. The summed E-state index contributed by atoms with van der Waals surface area (Å²) < 4.78 is 5.02. The van der Waals surface area contributed by atoms with Gasteiger partial charge in [0.15, 0.2) is 0 Å². The van der Waals surface area contributed by atoms with E-state index in [1.165, 1.54) is 7.05 Å². The topological polar surface area (TPSA) is 67.4 Å². The van der Waals surface area contributed by atoms with Crippen molar-refractivity contribution in [3.63, 3.8) is 0 Å². The minimum Gasteiger partial charge on any atom is -0.459 e. The van der Waals surface area contributed by atoms with Gasteiger partial charge in [-0.05, 0) is 20.8 Å². The summed E-state index contributed by atoms with van der Waals surface area (Å²) in [5, 5.41) is 5.11. The molecule has 2 N–H and O–H groups in total. The highest BCUT2D eigenvalue weighted by atomic mass is 16.6. The van der Waals surface area contributed by atoms with E-state index in [0.29, 0.717) is 0 Å². The molecule has 0 bridgehead atoms. The predicted octanol–water partition coefficient (Wildman–Crippen LogP) is -0.336. The van der Waals surface area contributed by atoms with Crippen molar-refractivity contribution >= 4 is 11.9 Å². The van der Waals surface area contributed by atoms with E-state index in [1.807, 2.05) is 0 Å². The first kappa shape index (κ1) is 12.9. The predicted molar refractivity (Wildman–Crippen MR) is 52.8 cm³/mol. The smallest absolute Gasteiger partial charge is 0.320 e. The fraction of sp³-hybridized carbons (Fsp3) is 0.778. The molecule has 0 aromatic heterocycles. The molecule has 0 unspecified atom stereocenters.